The first-order chi connectivity index (χ1) is 6.09. The summed E-state index contributed by atoms with van der Waals surface area (Å²) in [6.45, 7) is 1.24. The largest absolute Gasteiger partial charge is 0.323 e. The van der Waals surface area contributed by atoms with Gasteiger partial charge in [0.15, 0.2) is 5.83 Å². The van der Waals surface area contributed by atoms with Crippen LogP contribution in [0.25, 0.3) is 0 Å². The SMILES string of the molecule is C/C=C(/F)C(F)(F)c1ccccc1. The van der Waals surface area contributed by atoms with E-state index in [-0.39, 0.29) is 5.56 Å². The van der Waals surface area contributed by atoms with Crippen LogP contribution in [0, 0.1) is 0 Å². The Labute approximate surface area is 74.7 Å². The van der Waals surface area contributed by atoms with E-state index >= 15 is 0 Å². The monoisotopic (exact) mass is 186 g/mol. The Hall–Kier alpha value is -1.25. The lowest BCUT2D eigenvalue weighted by atomic mass is 10.1. The summed E-state index contributed by atoms with van der Waals surface area (Å²) in [4.78, 5) is 0. The molecule has 0 aliphatic rings. The fourth-order valence-electron chi connectivity index (χ4n) is 0.967. The molecule has 0 atom stereocenters. The van der Waals surface area contributed by atoms with Crippen molar-refractivity contribution in [3.63, 3.8) is 0 Å². The van der Waals surface area contributed by atoms with Gasteiger partial charge in [0.1, 0.15) is 0 Å². The van der Waals surface area contributed by atoms with Gasteiger partial charge in [-0.25, -0.2) is 4.39 Å². The van der Waals surface area contributed by atoms with Gasteiger partial charge in [-0.05, 0) is 13.0 Å². The van der Waals surface area contributed by atoms with Crippen molar-refractivity contribution in [3.05, 3.63) is 47.8 Å². The fraction of sp³-hybridized carbons (Fsp3) is 0.200. The van der Waals surface area contributed by atoms with Gasteiger partial charge in [0, 0.05) is 5.56 Å². The van der Waals surface area contributed by atoms with Crippen molar-refractivity contribution in [2.75, 3.05) is 0 Å². The minimum Gasteiger partial charge on any atom is -0.205 e. The maximum Gasteiger partial charge on any atom is 0.323 e. The second kappa shape index (κ2) is 3.64. The molecular formula is C10H9F3. The highest BCUT2D eigenvalue weighted by molar-refractivity contribution is 5.26. The summed E-state index contributed by atoms with van der Waals surface area (Å²) in [5, 5.41) is 0. The average molecular weight is 186 g/mol. The van der Waals surface area contributed by atoms with Crippen molar-refractivity contribution in [1.82, 2.24) is 0 Å². The first-order valence-electron chi connectivity index (χ1n) is 3.84. The van der Waals surface area contributed by atoms with E-state index < -0.39 is 11.7 Å². The summed E-state index contributed by atoms with van der Waals surface area (Å²) >= 11 is 0. The van der Waals surface area contributed by atoms with Gasteiger partial charge in [0.05, 0.1) is 0 Å². The van der Waals surface area contributed by atoms with E-state index in [0.29, 0.717) is 0 Å². The molecule has 0 saturated carbocycles. The average Bonchev–Trinajstić information content (AvgIpc) is 2.18. The molecule has 1 rings (SSSR count). The van der Waals surface area contributed by atoms with E-state index in [1.807, 2.05) is 0 Å². The smallest absolute Gasteiger partial charge is 0.205 e. The Morgan fingerprint density at radius 2 is 1.77 bits per heavy atom. The summed E-state index contributed by atoms with van der Waals surface area (Å²) in [6.07, 6.45) is 0.771. The molecule has 0 aliphatic heterocycles. The first-order valence-corrected chi connectivity index (χ1v) is 3.84. The number of benzene rings is 1. The van der Waals surface area contributed by atoms with Crippen LogP contribution in [0.2, 0.25) is 0 Å². The van der Waals surface area contributed by atoms with Crippen LogP contribution in [0.3, 0.4) is 0 Å². The topological polar surface area (TPSA) is 0 Å². The molecule has 13 heavy (non-hydrogen) atoms. The lowest BCUT2D eigenvalue weighted by Crippen LogP contribution is -2.13. The lowest BCUT2D eigenvalue weighted by molar-refractivity contribution is 0.0135. The van der Waals surface area contributed by atoms with Crippen molar-refractivity contribution < 1.29 is 13.2 Å². The summed E-state index contributed by atoms with van der Waals surface area (Å²) in [5.41, 5.74) is -0.328. The van der Waals surface area contributed by atoms with Crippen molar-refractivity contribution in [3.8, 4) is 0 Å². The molecule has 0 saturated heterocycles. The van der Waals surface area contributed by atoms with Crippen LogP contribution in [0.15, 0.2) is 42.2 Å². The highest BCUT2D eigenvalue weighted by Gasteiger charge is 2.36. The zero-order valence-electron chi connectivity index (χ0n) is 7.10. The third kappa shape index (κ3) is 1.91. The van der Waals surface area contributed by atoms with Crippen molar-refractivity contribution in [1.29, 1.82) is 0 Å². The number of allylic oxidation sites excluding steroid dienone is 2. The van der Waals surface area contributed by atoms with Crippen LogP contribution in [0.5, 0.6) is 0 Å². The summed E-state index contributed by atoms with van der Waals surface area (Å²) in [6, 6.07) is 6.90. The van der Waals surface area contributed by atoms with Gasteiger partial charge in [-0.3, -0.25) is 0 Å². The Bertz CT molecular complexity index is 301. The number of rotatable bonds is 2. The molecule has 0 aliphatic carbocycles. The minimum absolute atomic E-state index is 0.328. The van der Waals surface area contributed by atoms with E-state index in [2.05, 4.69) is 0 Å². The second-order valence-corrected chi connectivity index (χ2v) is 2.58. The van der Waals surface area contributed by atoms with Crippen molar-refractivity contribution in [2.45, 2.75) is 12.8 Å². The van der Waals surface area contributed by atoms with Gasteiger partial charge in [0.25, 0.3) is 0 Å². The van der Waals surface area contributed by atoms with Gasteiger partial charge in [0.2, 0.25) is 0 Å². The van der Waals surface area contributed by atoms with Gasteiger partial charge in [-0.2, -0.15) is 8.78 Å². The van der Waals surface area contributed by atoms with E-state index in [1.54, 1.807) is 6.07 Å². The van der Waals surface area contributed by atoms with Gasteiger partial charge >= 0.3 is 5.92 Å². The van der Waals surface area contributed by atoms with Crippen LogP contribution < -0.4 is 0 Å². The molecule has 0 aromatic heterocycles. The third-order valence-corrected chi connectivity index (χ3v) is 1.69. The molecule has 0 bridgehead atoms. The number of alkyl halides is 2. The molecule has 0 nitrogen and oxygen atoms in total. The number of hydrogen-bond donors (Lipinski definition) is 0. The standard InChI is InChI=1S/C10H9F3/c1-2-9(11)10(12,13)8-6-4-3-5-7-8/h2-7H,1H3/b9-2+. The molecule has 0 heterocycles. The van der Waals surface area contributed by atoms with Gasteiger partial charge in [-0.1, -0.05) is 30.3 Å². The molecule has 0 unspecified atom stereocenters. The van der Waals surface area contributed by atoms with Crippen molar-refractivity contribution >= 4 is 0 Å². The zero-order chi connectivity index (χ0) is 9.90. The zero-order valence-corrected chi connectivity index (χ0v) is 7.10. The van der Waals surface area contributed by atoms with Gasteiger partial charge in [-0.15, -0.1) is 0 Å². The quantitative estimate of drug-likeness (QED) is 0.661. The van der Waals surface area contributed by atoms with E-state index in [4.69, 9.17) is 0 Å². The predicted molar refractivity (Wildman–Crippen MR) is 45.2 cm³/mol. The molecule has 3 heteroatoms. The highest BCUT2D eigenvalue weighted by atomic mass is 19.3. The highest BCUT2D eigenvalue weighted by Crippen LogP contribution is 2.35. The molecule has 1 aromatic carbocycles. The Kier molecular flexibility index (Phi) is 2.76. The maximum atomic E-state index is 13.1. The lowest BCUT2D eigenvalue weighted by Gasteiger charge is -2.13. The predicted octanol–water partition coefficient (Wildman–Crippen LogP) is 3.65. The van der Waals surface area contributed by atoms with Crippen LogP contribution in [0.4, 0.5) is 13.2 Å². The molecule has 0 amide bonds. The van der Waals surface area contributed by atoms with Crippen LogP contribution >= 0.6 is 0 Å². The molecular weight excluding hydrogens is 177 g/mol. The molecule has 0 N–H and O–H groups in total. The van der Waals surface area contributed by atoms with E-state index in [1.165, 1.54) is 31.2 Å². The molecule has 1 aromatic rings. The minimum atomic E-state index is -3.50. The summed E-state index contributed by atoms with van der Waals surface area (Å²) in [7, 11) is 0. The van der Waals surface area contributed by atoms with E-state index in [0.717, 1.165) is 6.08 Å². The third-order valence-electron chi connectivity index (χ3n) is 1.69. The Morgan fingerprint density at radius 3 is 2.23 bits per heavy atom. The molecule has 0 spiro atoms. The fourth-order valence-corrected chi connectivity index (χ4v) is 0.967. The molecule has 0 fully saturated rings. The molecule has 70 valence electrons. The van der Waals surface area contributed by atoms with E-state index in [9.17, 15) is 13.2 Å². The number of hydrogen-bond acceptors (Lipinski definition) is 0. The summed E-state index contributed by atoms with van der Waals surface area (Å²) in [5.74, 6) is -4.92. The van der Waals surface area contributed by atoms with Gasteiger partial charge < -0.3 is 0 Å². The first kappa shape index (κ1) is 9.84. The van der Waals surface area contributed by atoms with Crippen LogP contribution in [-0.4, -0.2) is 0 Å². The molecule has 0 radical (unpaired) electrons. The maximum absolute atomic E-state index is 13.1. The summed E-state index contributed by atoms with van der Waals surface area (Å²) < 4.78 is 38.9. The van der Waals surface area contributed by atoms with Crippen LogP contribution in [-0.2, 0) is 5.92 Å². The normalized spacial score (nSPS) is 13.1. The Morgan fingerprint density at radius 1 is 1.23 bits per heavy atom. The van der Waals surface area contributed by atoms with Crippen LogP contribution in [0.1, 0.15) is 12.5 Å². The number of halogens is 3. The van der Waals surface area contributed by atoms with Crippen molar-refractivity contribution in [2.24, 2.45) is 0 Å². The Balaban J connectivity index is 3.08. The second-order valence-electron chi connectivity index (χ2n) is 2.58.